The number of hydrogen-bond donors (Lipinski definition) is 1. The van der Waals surface area contributed by atoms with Crippen LogP contribution in [0.1, 0.15) is 10.4 Å². The van der Waals surface area contributed by atoms with Crippen molar-refractivity contribution in [2.24, 2.45) is 0 Å². The maximum absolute atomic E-state index is 12.2. The Balaban J connectivity index is 2.27. The summed E-state index contributed by atoms with van der Waals surface area (Å²) in [5.74, 6) is -0.256. The van der Waals surface area contributed by atoms with Crippen molar-refractivity contribution in [2.45, 2.75) is 4.90 Å². The molecule has 0 saturated carbocycles. The molecule has 0 heterocycles. The maximum Gasteiger partial charge on any atom is 0.266 e. The molecule has 22 heavy (non-hydrogen) atoms. The van der Waals surface area contributed by atoms with E-state index in [-0.39, 0.29) is 10.5 Å². The Labute approximate surface area is 141 Å². The van der Waals surface area contributed by atoms with Crippen molar-refractivity contribution in [1.82, 2.24) is 4.72 Å². The molecule has 0 aliphatic rings. The van der Waals surface area contributed by atoms with E-state index in [1.807, 2.05) is 4.72 Å². The molecule has 2 aromatic rings. The molecule has 2 rings (SSSR count). The molecule has 0 aromatic heterocycles. The van der Waals surface area contributed by atoms with Gasteiger partial charge < -0.3 is 4.74 Å². The lowest BCUT2D eigenvalue weighted by atomic mass is 10.2. The topological polar surface area (TPSA) is 72.5 Å². The second-order valence-corrected chi connectivity index (χ2v) is 7.21. The molecule has 0 unspecified atom stereocenters. The van der Waals surface area contributed by atoms with Gasteiger partial charge in [0.2, 0.25) is 0 Å². The van der Waals surface area contributed by atoms with E-state index >= 15 is 0 Å². The summed E-state index contributed by atoms with van der Waals surface area (Å²) in [6, 6.07) is 10.2. The lowest BCUT2D eigenvalue weighted by Crippen LogP contribution is -2.30. The van der Waals surface area contributed by atoms with E-state index in [1.54, 1.807) is 12.1 Å². The third-order valence-corrected chi connectivity index (χ3v) is 5.04. The van der Waals surface area contributed by atoms with E-state index in [9.17, 15) is 13.2 Å². The minimum Gasteiger partial charge on any atom is -0.497 e. The fraction of sp³-hybridized carbons (Fsp3) is 0.0714. The van der Waals surface area contributed by atoms with Gasteiger partial charge in [-0.3, -0.25) is 4.79 Å². The molecule has 0 aliphatic carbocycles. The van der Waals surface area contributed by atoms with Crippen molar-refractivity contribution in [2.75, 3.05) is 7.11 Å². The molecule has 1 amide bonds. The van der Waals surface area contributed by atoms with E-state index in [1.165, 1.54) is 37.4 Å². The predicted octanol–water partition coefficient (Wildman–Crippen LogP) is 3.23. The van der Waals surface area contributed by atoms with Gasteiger partial charge in [0.1, 0.15) is 5.75 Å². The summed E-state index contributed by atoms with van der Waals surface area (Å²) in [5.41, 5.74) is 0.129. The summed E-state index contributed by atoms with van der Waals surface area (Å²) in [6.45, 7) is 0. The van der Waals surface area contributed by atoms with Crippen LogP contribution in [0, 0.1) is 0 Å². The number of rotatable bonds is 4. The van der Waals surface area contributed by atoms with Crippen LogP contribution in [0.15, 0.2) is 51.8 Å². The van der Waals surface area contributed by atoms with Crippen molar-refractivity contribution in [3.8, 4) is 5.75 Å². The first-order valence-electron chi connectivity index (χ1n) is 6.00. The molecular weight excluding hydrogens is 394 g/mol. The number of hydrogen-bond acceptors (Lipinski definition) is 4. The molecule has 0 fully saturated rings. The molecule has 5 nitrogen and oxygen atoms in total. The molecule has 8 heteroatoms. The quantitative estimate of drug-likeness (QED) is 0.849. The normalized spacial score (nSPS) is 11.0. The van der Waals surface area contributed by atoms with E-state index in [4.69, 9.17) is 16.3 Å². The van der Waals surface area contributed by atoms with Crippen molar-refractivity contribution < 1.29 is 17.9 Å². The Kier molecular flexibility index (Phi) is 5.10. The first kappa shape index (κ1) is 16.8. The number of carbonyl (C=O) groups is 1. The summed E-state index contributed by atoms with van der Waals surface area (Å²) < 4.78 is 31.8. The number of methoxy groups -OCH3 is 1. The Morgan fingerprint density at radius 2 is 1.82 bits per heavy atom. The van der Waals surface area contributed by atoms with Crippen LogP contribution in [0.2, 0.25) is 5.02 Å². The van der Waals surface area contributed by atoms with E-state index in [0.29, 0.717) is 15.2 Å². The van der Waals surface area contributed by atoms with Crippen LogP contribution in [0.5, 0.6) is 5.75 Å². The van der Waals surface area contributed by atoms with Crippen LogP contribution in [0.3, 0.4) is 0 Å². The standard InChI is InChI=1S/C14H11BrClNO4S/c1-21-10-3-5-11(6-4-10)22(19,20)17-14(18)12-8-9(16)2-7-13(12)15/h2-8H,1H3,(H,17,18). The Morgan fingerprint density at radius 1 is 1.18 bits per heavy atom. The minimum absolute atomic E-state index is 0.0419. The molecule has 1 N–H and O–H groups in total. The highest BCUT2D eigenvalue weighted by atomic mass is 79.9. The summed E-state index contributed by atoms with van der Waals surface area (Å²) in [4.78, 5) is 12.1. The van der Waals surface area contributed by atoms with E-state index in [2.05, 4.69) is 15.9 Å². The molecule has 0 radical (unpaired) electrons. The summed E-state index contributed by atoms with van der Waals surface area (Å²) in [5, 5.41) is 0.329. The number of amides is 1. The monoisotopic (exact) mass is 403 g/mol. The van der Waals surface area contributed by atoms with Gasteiger partial charge in [-0.15, -0.1) is 0 Å². The summed E-state index contributed by atoms with van der Waals surface area (Å²) in [6.07, 6.45) is 0. The average Bonchev–Trinajstić information content (AvgIpc) is 2.49. The zero-order valence-electron chi connectivity index (χ0n) is 11.3. The van der Waals surface area contributed by atoms with Gasteiger partial charge in [-0.05, 0) is 58.4 Å². The highest BCUT2D eigenvalue weighted by molar-refractivity contribution is 9.10. The van der Waals surface area contributed by atoms with E-state index < -0.39 is 15.9 Å². The van der Waals surface area contributed by atoms with Gasteiger partial charge in [-0.25, -0.2) is 13.1 Å². The van der Waals surface area contributed by atoms with Gasteiger partial charge in [0.05, 0.1) is 17.6 Å². The minimum atomic E-state index is -3.98. The van der Waals surface area contributed by atoms with Gasteiger partial charge in [0.25, 0.3) is 15.9 Å². The van der Waals surface area contributed by atoms with Crippen LogP contribution < -0.4 is 9.46 Å². The number of nitrogens with one attached hydrogen (secondary N) is 1. The molecule has 0 spiro atoms. The van der Waals surface area contributed by atoms with Crippen molar-refractivity contribution >= 4 is 43.5 Å². The Morgan fingerprint density at radius 3 is 2.41 bits per heavy atom. The van der Waals surface area contributed by atoms with Crippen LogP contribution in [-0.2, 0) is 10.0 Å². The maximum atomic E-state index is 12.2. The zero-order valence-corrected chi connectivity index (χ0v) is 14.5. The van der Waals surface area contributed by atoms with Crippen LogP contribution in [-0.4, -0.2) is 21.4 Å². The predicted molar refractivity (Wildman–Crippen MR) is 86.8 cm³/mol. The Hall–Kier alpha value is -1.57. The molecule has 0 saturated heterocycles. The van der Waals surface area contributed by atoms with E-state index in [0.717, 1.165) is 0 Å². The number of halogens is 2. The number of carbonyl (C=O) groups excluding carboxylic acids is 1. The average molecular weight is 405 g/mol. The highest BCUT2D eigenvalue weighted by Crippen LogP contribution is 2.22. The van der Waals surface area contributed by atoms with Crippen molar-refractivity contribution in [3.63, 3.8) is 0 Å². The van der Waals surface area contributed by atoms with Crippen molar-refractivity contribution in [3.05, 3.63) is 57.5 Å². The summed E-state index contributed by atoms with van der Waals surface area (Å²) in [7, 11) is -2.51. The zero-order chi connectivity index (χ0) is 16.3. The van der Waals surface area contributed by atoms with Crippen molar-refractivity contribution in [1.29, 1.82) is 0 Å². The molecule has 0 atom stereocenters. The lowest BCUT2D eigenvalue weighted by molar-refractivity contribution is 0.0980. The first-order valence-corrected chi connectivity index (χ1v) is 8.65. The fourth-order valence-corrected chi connectivity index (χ4v) is 3.23. The molecule has 0 aliphatic heterocycles. The van der Waals surface area contributed by atoms with Gasteiger partial charge in [-0.2, -0.15) is 0 Å². The molecule has 116 valence electrons. The third kappa shape index (κ3) is 3.79. The summed E-state index contributed by atoms with van der Waals surface area (Å²) >= 11 is 9.00. The van der Waals surface area contributed by atoms with Crippen LogP contribution >= 0.6 is 27.5 Å². The molecule has 0 bridgehead atoms. The largest absolute Gasteiger partial charge is 0.497 e. The van der Waals surface area contributed by atoms with Gasteiger partial charge in [0.15, 0.2) is 0 Å². The fourth-order valence-electron chi connectivity index (χ4n) is 1.66. The Bertz CT molecular complexity index is 806. The smallest absolute Gasteiger partial charge is 0.266 e. The molecular formula is C14H11BrClNO4S. The van der Waals surface area contributed by atoms with Crippen LogP contribution in [0.4, 0.5) is 0 Å². The highest BCUT2D eigenvalue weighted by Gasteiger charge is 2.20. The molecule has 2 aromatic carbocycles. The number of benzene rings is 2. The number of sulfonamides is 1. The SMILES string of the molecule is COc1ccc(S(=O)(=O)NC(=O)c2cc(Cl)ccc2Br)cc1. The van der Waals surface area contributed by atoms with Gasteiger partial charge >= 0.3 is 0 Å². The van der Waals surface area contributed by atoms with Gasteiger partial charge in [0, 0.05) is 9.50 Å². The second kappa shape index (κ2) is 6.68. The van der Waals surface area contributed by atoms with Gasteiger partial charge in [-0.1, -0.05) is 11.6 Å². The first-order chi connectivity index (χ1) is 10.3. The lowest BCUT2D eigenvalue weighted by Gasteiger charge is -2.09. The third-order valence-electron chi connectivity index (χ3n) is 2.77. The second-order valence-electron chi connectivity index (χ2n) is 4.23. The van der Waals surface area contributed by atoms with Crippen LogP contribution in [0.25, 0.3) is 0 Å². The number of ether oxygens (including phenoxy) is 1.